The van der Waals surface area contributed by atoms with Gasteiger partial charge in [0.1, 0.15) is 5.75 Å². The average molecular weight is 435 g/mol. The minimum Gasteiger partial charge on any atom is -0.496 e. The van der Waals surface area contributed by atoms with E-state index in [1.54, 1.807) is 37.6 Å². The molecule has 0 unspecified atom stereocenters. The van der Waals surface area contributed by atoms with E-state index in [0.29, 0.717) is 27.6 Å². The van der Waals surface area contributed by atoms with E-state index in [4.69, 9.17) is 4.74 Å². The maximum Gasteiger partial charge on any atom is 0.258 e. The number of rotatable bonds is 4. The number of sulfone groups is 1. The second-order valence-corrected chi connectivity index (χ2v) is 9.56. The zero-order valence-corrected chi connectivity index (χ0v) is 18.5. The summed E-state index contributed by atoms with van der Waals surface area (Å²) >= 11 is 0. The first-order valence-corrected chi connectivity index (χ1v) is 11.5. The fraction of sp³-hybridized carbons (Fsp3) is 0.167. The molecule has 0 fully saturated rings. The van der Waals surface area contributed by atoms with E-state index in [9.17, 15) is 13.2 Å². The second kappa shape index (κ2) is 7.67. The number of pyridine rings is 2. The molecule has 0 aliphatic carbocycles. The number of methoxy groups -OCH3 is 1. The summed E-state index contributed by atoms with van der Waals surface area (Å²) in [6, 6.07) is 14.3. The number of hydrogen-bond acceptors (Lipinski definition) is 5. The SMILES string of the molecule is COc1ccc(S(C)(=O)=O)cc1-c1cn(C)c(=O)c2ccc(-c3ccc(C)nc3)cc12. The molecule has 0 N–H and O–H groups in total. The number of aryl methyl sites for hydroxylation is 2. The van der Waals surface area contributed by atoms with Crippen LogP contribution in [-0.4, -0.2) is 31.3 Å². The normalized spacial score (nSPS) is 11.6. The Hall–Kier alpha value is -3.45. The molecule has 0 radical (unpaired) electrons. The van der Waals surface area contributed by atoms with Gasteiger partial charge in [0.2, 0.25) is 0 Å². The van der Waals surface area contributed by atoms with Crippen LogP contribution in [-0.2, 0) is 16.9 Å². The van der Waals surface area contributed by atoms with Crippen LogP contribution in [0.1, 0.15) is 5.69 Å². The summed E-state index contributed by atoms with van der Waals surface area (Å²) < 4.78 is 31.3. The Morgan fingerprint density at radius 2 is 1.68 bits per heavy atom. The number of aromatic nitrogens is 2. The van der Waals surface area contributed by atoms with Gasteiger partial charge in [0, 0.05) is 53.5 Å². The van der Waals surface area contributed by atoms with Gasteiger partial charge in [0.15, 0.2) is 9.84 Å². The molecular formula is C24H22N2O4S. The molecule has 0 spiro atoms. The first-order chi connectivity index (χ1) is 14.7. The van der Waals surface area contributed by atoms with Crippen molar-refractivity contribution in [3.63, 3.8) is 0 Å². The van der Waals surface area contributed by atoms with Gasteiger partial charge in [-0.1, -0.05) is 12.1 Å². The zero-order chi connectivity index (χ0) is 22.3. The molecule has 4 rings (SSSR count). The molecular weight excluding hydrogens is 412 g/mol. The van der Waals surface area contributed by atoms with E-state index >= 15 is 0 Å². The van der Waals surface area contributed by atoms with Gasteiger partial charge in [0.05, 0.1) is 12.0 Å². The minimum atomic E-state index is -3.42. The Bertz CT molecular complexity index is 1470. The van der Waals surface area contributed by atoms with Crippen molar-refractivity contribution in [2.75, 3.05) is 13.4 Å². The fourth-order valence-electron chi connectivity index (χ4n) is 3.63. The second-order valence-electron chi connectivity index (χ2n) is 7.54. The summed E-state index contributed by atoms with van der Waals surface area (Å²) in [5, 5.41) is 1.25. The number of benzene rings is 2. The highest BCUT2D eigenvalue weighted by Crippen LogP contribution is 2.37. The molecule has 2 heterocycles. The third-order valence-electron chi connectivity index (χ3n) is 5.32. The van der Waals surface area contributed by atoms with Gasteiger partial charge in [-0.3, -0.25) is 9.78 Å². The number of hydrogen-bond donors (Lipinski definition) is 0. The number of fused-ring (bicyclic) bond motifs is 1. The summed E-state index contributed by atoms with van der Waals surface area (Å²) in [7, 11) is -0.207. The highest BCUT2D eigenvalue weighted by atomic mass is 32.2. The topological polar surface area (TPSA) is 78.3 Å². The van der Waals surface area contributed by atoms with E-state index in [-0.39, 0.29) is 10.5 Å². The standard InChI is InChI=1S/C24H22N2O4S/c1-15-5-6-17(13-25-15)16-7-9-19-20(11-16)22(14-26(2)24(19)27)21-12-18(31(4,28)29)8-10-23(21)30-3/h5-14H,1-4H3. The lowest BCUT2D eigenvalue weighted by Gasteiger charge is -2.15. The molecule has 2 aromatic heterocycles. The van der Waals surface area contributed by atoms with Crippen molar-refractivity contribution in [3.05, 3.63) is 77.0 Å². The molecule has 4 aromatic rings. The highest BCUT2D eigenvalue weighted by Gasteiger charge is 2.17. The van der Waals surface area contributed by atoms with Crippen molar-refractivity contribution in [2.24, 2.45) is 7.05 Å². The Kier molecular flexibility index (Phi) is 5.15. The van der Waals surface area contributed by atoms with E-state index in [1.807, 2.05) is 31.2 Å². The van der Waals surface area contributed by atoms with E-state index < -0.39 is 9.84 Å². The molecule has 0 aliphatic rings. The summed E-state index contributed by atoms with van der Waals surface area (Å²) in [5.41, 5.74) is 3.93. The third kappa shape index (κ3) is 3.84. The Labute approximate surface area is 180 Å². The molecule has 7 heteroatoms. The quantitative estimate of drug-likeness (QED) is 0.485. The predicted molar refractivity (Wildman–Crippen MR) is 122 cm³/mol. The van der Waals surface area contributed by atoms with Crippen molar-refractivity contribution < 1.29 is 13.2 Å². The van der Waals surface area contributed by atoms with Crippen LogP contribution >= 0.6 is 0 Å². The maximum absolute atomic E-state index is 12.8. The van der Waals surface area contributed by atoms with E-state index in [1.165, 1.54) is 24.0 Å². The lowest BCUT2D eigenvalue weighted by atomic mass is 9.96. The minimum absolute atomic E-state index is 0.134. The molecule has 158 valence electrons. The molecule has 0 aliphatic heterocycles. The highest BCUT2D eigenvalue weighted by molar-refractivity contribution is 7.90. The van der Waals surface area contributed by atoms with Crippen LogP contribution < -0.4 is 10.3 Å². The van der Waals surface area contributed by atoms with Crippen LogP contribution in [0.4, 0.5) is 0 Å². The Morgan fingerprint density at radius 1 is 0.935 bits per heavy atom. The third-order valence-corrected chi connectivity index (χ3v) is 6.43. The van der Waals surface area contributed by atoms with Crippen molar-refractivity contribution in [2.45, 2.75) is 11.8 Å². The molecule has 31 heavy (non-hydrogen) atoms. The first kappa shape index (κ1) is 20.8. The summed E-state index contributed by atoms with van der Waals surface area (Å²) in [5.74, 6) is 0.523. The smallest absolute Gasteiger partial charge is 0.258 e. The zero-order valence-electron chi connectivity index (χ0n) is 17.7. The molecule has 0 bridgehead atoms. The molecule has 0 atom stereocenters. The van der Waals surface area contributed by atoms with Crippen molar-refractivity contribution >= 4 is 20.6 Å². The Morgan fingerprint density at radius 3 is 2.32 bits per heavy atom. The molecule has 2 aromatic carbocycles. The van der Waals surface area contributed by atoms with Crippen LogP contribution in [0, 0.1) is 6.92 Å². The Balaban J connectivity index is 2.06. The largest absolute Gasteiger partial charge is 0.496 e. The number of nitrogens with zero attached hydrogens (tertiary/aromatic N) is 2. The summed E-state index contributed by atoms with van der Waals surface area (Å²) in [6.45, 7) is 1.92. The number of ether oxygens (including phenoxy) is 1. The predicted octanol–water partition coefficient (Wildman–Crippen LogP) is 3.99. The van der Waals surface area contributed by atoms with Gasteiger partial charge in [-0.25, -0.2) is 8.42 Å². The lowest BCUT2D eigenvalue weighted by Crippen LogP contribution is -2.16. The summed E-state index contributed by atoms with van der Waals surface area (Å²) in [4.78, 5) is 17.4. The average Bonchev–Trinajstić information content (AvgIpc) is 2.75. The molecule has 0 amide bonds. The molecule has 0 saturated carbocycles. The maximum atomic E-state index is 12.8. The van der Waals surface area contributed by atoms with Gasteiger partial charge in [0.25, 0.3) is 5.56 Å². The van der Waals surface area contributed by atoms with Crippen LogP contribution in [0.15, 0.2) is 70.6 Å². The lowest BCUT2D eigenvalue weighted by molar-refractivity contribution is 0.416. The first-order valence-electron chi connectivity index (χ1n) is 9.64. The monoisotopic (exact) mass is 434 g/mol. The van der Waals surface area contributed by atoms with Gasteiger partial charge < -0.3 is 9.30 Å². The summed E-state index contributed by atoms with van der Waals surface area (Å²) in [6.07, 6.45) is 4.67. The van der Waals surface area contributed by atoms with Crippen LogP contribution in [0.2, 0.25) is 0 Å². The molecule has 6 nitrogen and oxygen atoms in total. The van der Waals surface area contributed by atoms with Crippen LogP contribution in [0.5, 0.6) is 5.75 Å². The van der Waals surface area contributed by atoms with Crippen LogP contribution in [0.3, 0.4) is 0 Å². The fourth-order valence-corrected chi connectivity index (χ4v) is 4.27. The molecule has 0 saturated heterocycles. The van der Waals surface area contributed by atoms with Crippen molar-refractivity contribution in [1.82, 2.24) is 9.55 Å². The van der Waals surface area contributed by atoms with Gasteiger partial charge in [-0.05, 0) is 54.3 Å². The van der Waals surface area contributed by atoms with Crippen molar-refractivity contribution in [1.29, 1.82) is 0 Å². The van der Waals surface area contributed by atoms with Gasteiger partial charge >= 0.3 is 0 Å². The van der Waals surface area contributed by atoms with E-state index in [0.717, 1.165) is 16.8 Å². The van der Waals surface area contributed by atoms with E-state index in [2.05, 4.69) is 4.98 Å². The van der Waals surface area contributed by atoms with Crippen molar-refractivity contribution in [3.8, 4) is 28.0 Å². The van der Waals surface area contributed by atoms with Crippen LogP contribution in [0.25, 0.3) is 33.0 Å². The van der Waals surface area contributed by atoms with Gasteiger partial charge in [-0.2, -0.15) is 0 Å². The van der Waals surface area contributed by atoms with Gasteiger partial charge in [-0.15, -0.1) is 0 Å².